The van der Waals surface area contributed by atoms with E-state index in [-0.39, 0.29) is 20.1 Å². The molecule has 4 aromatic rings. The van der Waals surface area contributed by atoms with Crippen molar-refractivity contribution in [3.05, 3.63) is 48.5 Å². The van der Waals surface area contributed by atoms with E-state index in [4.69, 9.17) is 0 Å². The fraction of sp³-hybridized carbons (Fsp3) is 0.0714. The average Bonchev–Trinajstić information content (AvgIpc) is 2.81. The Hall–Kier alpha value is -1.84. The molecule has 4 rings (SSSR count). The Bertz CT molecular complexity index is 825. The van der Waals surface area contributed by atoms with Crippen LogP contribution in [0.15, 0.2) is 36.7 Å². The molecule has 0 atom stereocenters. The van der Waals surface area contributed by atoms with Gasteiger partial charge in [0.05, 0.1) is 17.4 Å². The minimum Gasteiger partial charge on any atom is -0.263 e. The van der Waals surface area contributed by atoms with Crippen molar-refractivity contribution in [1.82, 2.24) is 19.6 Å². The molecular weight excluding hydrogens is 416 g/mol. The van der Waals surface area contributed by atoms with Gasteiger partial charge in [-0.3, -0.25) is 14.5 Å². The summed E-state index contributed by atoms with van der Waals surface area (Å²) in [5, 5.41) is 7.69. The molecule has 95 valence electrons. The van der Waals surface area contributed by atoms with Crippen LogP contribution in [0.4, 0.5) is 0 Å². The first kappa shape index (κ1) is 12.2. The molecule has 0 unspecified atom stereocenters. The van der Waals surface area contributed by atoms with E-state index in [2.05, 4.69) is 27.2 Å². The van der Waals surface area contributed by atoms with Gasteiger partial charge in [-0.25, -0.2) is 0 Å². The van der Waals surface area contributed by atoms with Crippen LogP contribution in [0, 0.1) is 13.0 Å². The first-order valence-corrected chi connectivity index (χ1v) is 5.74. The summed E-state index contributed by atoms with van der Waals surface area (Å²) in [6.45, 7) is 1.89. The minimum absolute atomic E-state index is 0. The van der Waals surface area contributed by atoms with Crippen LogP contribution in [0.3, 0.4) is 0 Å². The van der Waals surface area contributed by atoms with Crippen LogP contribution in [-0.4, -0.2) is 19.6 Å². The molecule has 0 aliphatic heterocycles. The molecule has 0 amide bonds. The monoisotopic (exact) mass is 426 g/mol. The quantitative estimate of drug-likeness (QED) is 0.321. The molecule has 5 heteroatoms. The summed E-state index contributed by atoms with van der Waals surface area (Å²) in [6, 6.07) is 11.2. The molecule has 1 aromatic carbocycles. The van der Waals surface area contributed by atoms with Crippen LogP contribution >= 0.6 is 0 Å². The molecule has 0 bridgehead atoms. The summed E-state index contributed by atoms with van der Waals surface area (Å²) in [7, 11) is 0. The maximum atomic E-state index is 4.48. The number of benzene rings is 1. The van der Waals surface area contributed by atoms with Gasteiger partial charge in [-0.15, -0.1) is 24.3 Å². The van der Waals surface area contributed by atoms with E-state index in [1.165, 1.54) is 0 Å². The van der Waals surface area contributed by atoms with Crippen LogP contribution in [0.5, 0.6) is 0 Å². The second-order valence-electron chi connectivity index (χ2n) is 4.25. The van der Waals surface area contributed by atoms with Crippen molar-refractivity contribution in [2.24, 2.45) is 0 Å². The first-order valence-electron chi connectivity index (χ1n) is 5.74. The van der Waals surface area contributed by atoms with Crippen molar-refractivity contribution >= 4 is 27.3 Å². The molecule has 3 aromatic heterocycles. The van der Waals surface area contributed by atoms with Gasteiger partial charge in [0.1, 0.15) is 5.82 Å². The molecule has 0 aliphatic carbocycles. The molecular formula is C14H9IrN4-. The molecule has 0 fully saturated rings. The molecule has 0 saturated carbocycles. The van der Waals surface area contributed by atoms with E-state index >= 15 is 0 Å². The van der Waals surface area contributed by atoms with Gasteiger partial charge in [-0.05, 0) is 18.4 Å². The van der Waals surface area contributed by atoms with E-state index in [0.717, 1.165) is 33.1 Å². The summed E-state index contributed by atoms with van der Waals surface area (Å²) in [5.41, 5.74) is 1.81. The average molecular weight is 425 g/mol. The Morgan fingerprint density at radius 3 is 3.00 bits per heavy atom. The van der Waals surface area contributed by atoms with E-state index in [1.54, 1.807) is 6.20 Å². The summed E-state index contributed by atoms with van der Waals surface area (Å²) < 4.78 is 1.84. The summed E-state index contributed by atoms with van der Waals surface area (Å²) in [4.78, 5) is 8.66. The van der Waals surface area contributed by atoms with E-state index in [0.29, 0.717) is 0 Å². The van der Waals surface area contributed by atoms with E-state index in [9.17, 15) is 0 Å². The molecule has 3 heterocycles. The number of pyridine rings is 2. The summed E-state index contributed by atoms with van der Waals surface area (Å²) in [6.07, 6.45) is 3.62. The Balaban J connectivity index is 0.00000110. The predicted molar refractivity (Wildman–Crippen MR) is 69.4 cm³/mol. The fourth-order valence-corrected chi connectivity index (χ4v) is 2.37. The van der Waals surface area contributed by atoms with E-state index < -0.39 is 0 Å². The molecule has 19 heavy (non-hydrogen) atoms. The van der Waals surface area contributed by atoms with E-state index in [1.807, 2.05) is 35.8 Å². The van der Waals surface area contributed by atoms with Crippen molar-refractivity contribution in [1.29, 1.82) is 0 Å². The van der Waals surface area contributed by atoms with Gasteiger partial charge in [0, 0.05) is 26.3 Å². The van der Waals surface area contributed by atoms with Crippen LogP contribution in [-0.2, 0) is 20.1 Å². The third-order valence-electron chi connectivity index (χ3n) is 3.11. The van der Waals surface area contributed by atoms with Gasteiger partial charge < -0.3 is 0 Å². The standard InChI is InChI=1S/C14H9N4.Ir/c1-9-16-14-12-5-3-2-4-10(12)11-6-7-15-8-13(11)18(14)17-9;/h2-4,6-8H,1H3;/q-1;. The van der Waals surface area contributed by atoms with Crippen molar-refractivity contribution in [3.8, 4) is 0 Å². The molecule has 4 nitrogen and oxygen atoms in total. The third kappa shape index (κ3) is 1.66. The van der Waals surface area contributed by atoms with Crippen LogP contribution < -0.4 is 0 Å². The zero-order chi connectivity index (χ0) is 12.1. The SMILES string of the molecule is Cc1nc2c3[c-]cccc3c3ccncc3n2n1.[Ir]. The molecule has 0 saturated heterocycles. The number of fused-ring (bicyclic) bond motifs is 6. The molecule has 0 spiro atoms. The molecule has 1 radical (unpaired) electrons. The Labute approximate surface area is 122 Å². The van der Waals surface area contributed by atoms with Gasteiger partial charge >= 0.3 is 0 Å². The van der Waals surface area contributed by atoms with Gasteiger partial charge in [-0.1, -0.05) is 10.8 Å². The summed E-state index contributed by atoms with van der Waals surface area (Å²) >= 11 is 0. The van der Waals surface area contributed by atoms with Gasteiger partial charge in [-0.2, -0.15) is 5.10 Å². The first-order chi connectivity index (χ1) is 8.84. The number of aromatic nitrogens is 4. The third-order valence-corrected chi connectivity index (χ3v) is 3.11. The van der Waals surface area contributed by atoms with Crippen molar-refractivity contribution in [2.45, 2.75) is 6.92 Å². The van der Waals surface area contributed by atoms with Crippen molar-refractivity contribution in [3.63, 3.8) is 0 Å². The maximum Gasteiger partial charge on any atom is 0.137 e. The second-order valence-corrected chi connectivity index (χ2v) is 4.25. The maximum absolute atomic E-state index is 4.48. The largest absolute Gasteiger partial charge is 0.263 e. The van der Waals surface area contributed by atoms with Crippen molar-refractivity contribution in [2.75, 3.05) is 0 Å². The van der Waals surface area contributed by atoms with Crippen molar-refractivity contribution < 1.29 is 20.1 Å². The van der Waals surface area contributed by atoms with Crippen LogP contribution in [0.25, 0.3) is 27.3 Å². The second kappa shape index (κ2) is 4.37. The topological polar surface area (TPSA) is 43.1 Å². The Kier molecular flexibility index (Phi) is 2.81. The smallest absolute Gasteiger partial charge is 0.137 e. The number of nitrogens with zero attached hydrogens (tertiary/aromatic N) is 4. The zero-order valence-corrected chi connectivity index (χ0v) is 12.5. The molecule has 0 N–H and O–H groups in total. The number of hydrogen-bond acceptors (Lipinski definition) is 3. The van der Waals surface area contributed by atoms with Gasteiger partial charge in [0.25, 0.3) is 0 Å². The number of aryl methyl sites for hydroxylation is 1. The van der Waals surface area contributed by atoms with Gasteiger partial charge in [0.2, 0.25) is 0 Å². The predicted octanol–water partition coefficient (Wildman–Crippen LogP) is 2.54. The van der Waals surface area contributed by atoms with Gasteiger partial charge in [0.15, 0.2) is 0 Å². The normalized spacial score (nSPS) is 11.0. The zero-order valence-electron chi connectivity index (χ0n) is 10.1. The molecule has 0 aliphatic rings. The minimum atomic E-state index is 0. The van der Waals surface area contributed by atoms with Crippen LogP contribution in [0.1, 0.15) is 5.82 Å². The number of hydrogen-bond donors (Lipinski definition) is 0. The fourth-order valence-electron chi connectivity index (χ4n) is 2.37. The summed E-state index contributed by atoms with van der Waals surface area (Å²) in [5.74, 6) is 0.755. The Morgan fingerprint density at radius 2 is 2.11 bits per heavy atom. The van der Waals surface area contributed by atoms with Crippen LogP contribution in [0.2, 0.25) is 0 Å². The Morgan fingerprint density at radius 1 is 1.21 bits per heavy atom. The number of rotatable bonds is 0.